The van der Waals surface area contributed by atoms with Crippen LogP contribution in [0.5, 0.6) is 17.2 Å². The fourth-order valence-electron chi connectivity index (χ4n) is 3.87. The van der Waals surface area contributed by atoms with Crippen LogP contribution in [0.15, 0.2) is 47.4 Å². The summed E-state index contributed by atoms with van der Waals surface area (Å²) in [7, 11) is -4.30. The quantitative estimate of drug-likeness (QED) is 0.197. The zero-order valence-corrected chi connectivity index (χ0v) is 20.1. The maximum Gasteiger partial charge on any atom is 0.294 e. The molecule has 0 unspecified atom stereocenters. The maximum absolute atomic E-state index is 11.4. The summed E-state index contributed by atoms with van der Waals surface area (Å²) in [6.45, 7) is 2.25. The van der Waals surface area contributed by atoms with Gasteiger partial charge in [-0.15, -0.1) is 0 Å². The number of phenolic OH excluding ortho intramolecular Hbond substituents is 1. The minimum Gasteiger partial charge on any atom is -0.508 e. The number of benzene rings is 2. The Morgan fingerprint density at radius 3 is 1.94 bits per heavy atom. The molecular weight excluding hydrogens is 424 g/mol. The first-order valence-electron chi connectivity index (χ1n) is 12.0. The van der Waals surface area contributed by atoms with E-state index >= 15 is 0 Å². The Labute approximate surface area is 193 Å². The van der Waals surface area contributed by atoms with E-state index in [4.69, 9.17) is 4.74 Å². The van der Waals surface area contributed by atoms with Crippen molar-refractivity contribution in [1.29, 1.82) is 0 Å². The minimum absolute atomic E-state index is 0.177. The molecule has 0 saturated heterocycles. The highest BCUT2D eigenvalue weighted by molar-refractivity contribution is 7.85. The van der Waals surface area contributed by atoms with Gasteiger partial charge in [0.05, 0.1) is 4.90 Å². The van der Waals surface area contributed by atoms with Crippen LogP contribution in [0.1, 0.15) is 89.5 Å². The van der Waals surface area contributed by atoms with Gasteiger partial charge in [-0.1, -0.05) is 89.7 Å². The molecule has 0 aliphatic rings. The molecule has 0 aliphatic carbocycles. The second kappa shape index (κ2) is 14.2. The van der Waals surface area contributed by atoms with E-state index in [1.54, 1.807) is 24.3 Å². The van der Waals surface area contributed by atoms with Crippen molar-refractivity contribution in [3.05, 3.63) is 48.0 Å². The summed E-state index contributed by atoms with van der Waals surface area (Å²) < 4.78 is 37.8. The van der Waals surface area contributed by atoms with Crippen LogP contribution < -0.4 is 4.74 Å². The predicted molar refractivity (Wildman–Crippen MR) is 129 cm³/mol. The first-order chi connectivity index (χ1) is 15.4. The fourth-order valence-corrected chi connectivity index (χ4v) is 4.38. The highest BCUT2D eigenvalue weighted by atomic mass is 32.2. The average Bonchev–Trinajstić information content (AvgIpc) is 2.76. The molecule has 2 N–H and O–H groups in total. The van der Waals surface area contributed by atoms with Crippen molar-refractivity contribution >= 4 is 10.1 Å². The fraction of sp³-hybridized carbons (Fsp3) is 0.538. The van der Waals surface area contributed by atoms with Crippen LogP contribution in [0.4, 0.5) is 0 Å². The van der Waals surface area contributed by atoms with Gasteiger partial charge in [-0.2, -0.15) is 8.42 Å². The SMILES string of the molecule is CCCCCCCCCCCCCCc1c(O)cccc1Oc1cccc(S(=O)(=O)O)c1. The highest BCUT2D eigenvalue weighted by Gasteiger charge is 2.13. The Kier molecular flexibility index (Phi) is 11.6. The summed E-state index contributed by atoms with van der Waals surface area (Å²) in [5, 5.41) is 10.3. The van der Waals surface area contributed by atoms with Gasteiger partial charge in [-0.3, -0.25) is 4.55 Å². The lowest BCUT2D eigenvalue weighted by Crippen LogP contribution is -1.99. The van der Waals surface area contributed by atoms with Gasteiger partial charge >= 0.3 is 0 Å². The van der Waals surface area contributed by atoms with Crippen molar-refractivity contribution in [3.63, 3.8) is 0 Å². The zero-order chi connectivity index (χ0) is 23.2. The summed E-state index contributed by atoms with van der Waals surface area (Å²) in [5.74, 6) is 0.971. The van der Waals surface area contributed by atoms with Gasteiger partial charge in [0.1, 0.15) is 17.2 Å². The largest absolute Gasteiger partial charge is 0.508 e. The van der Waals surface area contributed by atoms with Crippen LogP contribution in [-0.2, 0) is 16.5 Å². The van der Waals surface area contributed by atoms with Gasteiger partial charge in [0.25, 0.3) is 10.1 Å². The van der Waals surface area contributed by atoms with Gasteiger partial charge in [-0.25, -0.2) is 0 Å². The number of hydrogen-bond donors (Lipinski definition) is 2. The molecule has 0 aliphatic heterocycles. The maximum atomic E-state index is 11.4. The molecule has 0 aromatic heterocycles. The van der Waals surface area contributed by atoms with Crippen LogP contribution in [0, 0.1) is 0 Å². The van der Waals surface area contributed by atoms with Gasteiger partial charge in [0.2, 0.25) is 0 Å². The van der Waals surface area contributed by atoms with E-state index in [-0.39, 0.29) is 10.6 Å². The number of hydrogen-bond acceptors (Lipinski definition) is 4. The molecule has 0 saturated carbocycles. The number of rotatable bonds is 16. The second-order valence-corrected chi connectivity index (χ2v) is 9.87. The van der Waals surface area contributed by atoms with Crippen molar-refractivity contribution in [3.8, 4) is 17.2 Å². The summed E-state index contributed by atoms with van der Waals surface area (Å²) in [6.07, 6.45) is 15.9. The van der Waals surface area contributed by atoms with E-state index in [1.165, 1.54) is 82.4 Å². The Hall–Kier alpha value is -2.05. The Balaban J connectivity index is 1.76. The predicted octanol–water partition coefficient (Wildman–Crippen LogP) is 7.67. The molecule has 5 nitrogen and oxygen atoms in total. The van der Waals surface area contributed by atoms with Crippen LogP contribution in [-0.4, -0.2) is 18.1 Å². The van der Waals surface area contributed by atoms with E-state index < -0.39 is 10.1 Å². The molecule has 2 aromatic rings. The highest BCUT2D eigenvalue weighted by Crippen LogP contribution is 2.33. The minimum atomic E-state index is -4.30. The number of aromatic hydroxyl groups is 1. The van der Waals surface area contributed by atoms with E-state index in [2.05, 4.69) is 6.92 Å². The summed E-state index contributed by atoms with van der Waals surface area (Å²) in [4.78, 5) is -0.224. The third-order valence-corrected chi connectivity index (χ3v) is 6.57. The summed E-state index contributed by atoms with van der Waals surface area (Å²) in [6, 6.07) is 10.8. The van der Waals surface area contributed by atoms with Crippen molar-refractivity contribution in [2.24, 2.45) is 0 Å². The first-order valence-corrected chi connectivity index (χ1v) is 13.4. The van der Waals surface area contributed by atoms with Crippen LogP contribution in [0.3, 0.4) is 0 Å². The normalized spacial score (nSPS) is 11.6. The molecule has 178 valence electrons. The van der Waals surface area contributed by atoms with Crippen LogP contribution in [0.2, 0.25) is 0 Å². The monoisotopic (exact) mass is 462 g/mol. The Bertz CT molecular complexity index is 908. The van der Waals surface area contributed by atoms with Gasteiger partial charge in [-0.05, 0) is 37.1 Å². The molecular formula is C26H38O5S. The molecule has 0 fully saturated rings. The Morgan fingerprint density at radius 1 is 0.781 bits per heavy atom. The van der Waals surface area contributed by atoms with E-state index in [9.17, 15) is 18.1 Å². The number of unbranched alkanes of at least 4 members (excludes halogenated alkanes) is 11. The summed E-state index contributed by atoms with van der Waals surface area (Å²) in [5.41, 5.74) is 0.719. The van der Waals surface area contributed by atoms with Crippen LogP contribution in [0.25, 0.3) is 0 Å². The average molecular weight is 463 g/mol. The molecule has 6 heteroatoms. The number of ether oxygens (including phenoxy) is 1. The Morgan fingerprint density at radius 2 is 1.34 bits per heavy atom. The van der Waals surface area contributed by atoms with Gasteiger partial charge < -0.3 is 9.84 Å². The first kappa shape index (κ1) is 26.2. The van der Waals surface area contributed by atoms with E-state index in [1.807, 2.05) is 0 Å². The molecule has 0 atom stereocenters. The van der Waals surface area contributed by atoms with E-state index in [0.717, 1.165) is 18.4 Å². The third-order valence-electron chi connectivity index (χ3n) is 5.72. The summed E-state index contributed by atoms with van der Waals surface area (Å²) >= 11 is 0. The van der Waals surface area contributed by atoms with E-state index in [0.29, 0.717) is 17.9 Å². The number of phenols is 1. The molecule has 0 radical (unpaired) electrons. The standard InChI is InChI=1S/C26H38O5S/c1-2-3-4-5-6-7-8-9-10-11-12-13-18-24-25(27)19-15-20-26(24)31-22-16-14-17-23(21-22)32(28,29)30/h14-17,19-21,27H,2-13,18H2,1H3,(H,28,29,30). The molecule has 32 heavy (non-hydrogen) atoms. The molecule has 2 rings (SSSR count). The lowest BCUT2D eigenvalue weighted by molar-refractivity contribution is 0.439. The smallest absolute Gasteiger partial charge is 0.294 e. The van der Waals surface area contributed by atoms with Gasteiger partial charge in [0.15, 0.2) is 0 Å². The molecule has 0 heterocycles. The second-order valence-electron chi connectivity index (χ2n) is 8.44. The van der Waals surface area contributed by atoms with Crippen LogP contribution >= 0.6 is 0 Å². The lowest BCUT2D eigenvalue weighted by Gasteiger charge is -2.13. The third kappa shape index (κ3) is 9.61. The van der Waals surface area contributed by atoms with Crippen molar-refractivity contribution in [1.82, 2.24) is 0 Å². The zero-order valence-electron chi connectivity index (χ0n) is 19.3. The molecule has 0 bridgehead atoms. The molecule has 0 amide bonds. The topological polar surface area (TPSA) is 83.8 Å². The lowest BCUT2D eigenvalue weighted by atomic mass is 10.0. The molecule has 0 spiro atoms. The van der Waals surface area contributed by atoms with Crippen molar-refractivity contribution in [2.75, 3.05) is 0 Å². The van der Waals surface area contributed by atoms with Crippen molar-refractivity contribution < 1.29 is 22.8 Å². The van der Waals surface area contributed by atoms with Crippen molar-refractivity contribution in [2.45, 2.75) is 95.3 Å². The molecule has 2 aromatic carbocycles. The van der Waals surface area contributed by atoms with Gasteiger partial charge in [0, 0.05) is 11.6 Å².